The topological polar surface area (TPSA) is 83.8 Å². The van der Waals surface area contributed by atoms with Crippen molar-refractivity contribution in [3.63, 3.8) is 0 Å². The smallest absolute Gasteiger partial charge is 0.331 e. The lowest BCUT2D eigenvalue weighted by Crippen LogP contribution is -2.66. The van der Waals surface area contributed by atoms with Gasteiger partial charge in [-0.15, -0.1) is 0 Å². The van der Waals surface area contributed by atoms with E-state index in [0.29, 0.717) is 35.2 Å². The first-order valence-corrected chi connectivity index (χ1v) is 17.2. The average Bonchev–Trinajstić information content (AvgIpc) is 3.36. The van der Waals surface area contributed by atoms with Crippen molar-refractivity contribution >= 4 is 18.3 Å². The third-order valence-corrected chi connectivity index (χ3v) is 15.0. The number of carbonyl (C=O) groups excluding carboxylic acids is 2. The highest BCUT2D eigenvalue weighted by atomic mass is 16.5. The van der Waals surface area contributed by atoms with Gasteiger partial charge in [-0.05, 0) is 141 Å². The van der Waals surface area contributed by atoms with Crippen molar-refractivity contribution in [3.8, 4) is 11.5 Å². The third-order valence-electron chi connectivity index (χ3n) is 15.0. The summed E-state index contributed by atoms with van der Waals surface area (Å²) in [6.45, 7) is 19.0. The van der Waals surface area contributed by atoms with E-state index in [1.165, 1.54) is 49.3 Å². The van der Waals surface area contributed by atoms with Gasteiger partial charge in [0.15, 0.2) is 11.5 Å². The molecule has 0 amide bonds. The van der Waals surface area contributed by atoms with Crippen LogP contribution in [0.25, 0.3) is 6.08 Å². The zero-order chi connectivity index (χ0) is 31.9. The molecule has 6 rings (SSSR count). The number of aromatic hydroxyl groups is 2. The first-order chi connectivity index (χ1) is 20.6. The minimum Gasteiger partial charge on any atom is -0.504 e. The van der Waals surface area contributed by atoms with Crippen molar-refractivity contribution < 1.29 is 24.5 Å². The number of esters is 1. The van der Waals surface area contributed by atoms with Gasteiger partial charge < -0.3 is 19.7 Å². The summed E-state index contributed by atoms with van der Waals surface area (Å²) in [6, 6.07) is 4.49. The lowest BCUT2D eigenvalue weighted by molar-refractivity contribution is -0.247. The summed E-state index contributed by atoms with van der Waals surface area (Å²) in [5.74, 6) is 1.79. The summed E-state index contributed by atoms with van der Waals surface area (Å²) in [5.41, 5.74) is 2.20. The quantitative estimate of drug-likeness (QED) is 0.116. The monoisotopic (exact) mass is 602 g/mol. The number of fused-ring (bicyclic) bond motifs is 7. The van der Waals surface area contributed by atoms with E-state index in [1.807, 2.05) is 0 Å². The molecule has 0 aromatic heterocycles. The van der Waals surface area contributed by atoms with Crippen LogP contribution in [0.1, 0.15) is 111 Å². The molecule has 4 unspecified atom stereocenters. The highest BCUT2D eigenvalue weighted by Gasteiger charge is 2.71. The summed E-state index contributed by atoms with van der Waals surface area (Å²) in [6.07, 6.45) is 15.3. The normalized spacial score (nSPS) is 44.1. The van der Waals surface area contributed by atoms with Gasteiger partial charge in [0.1, 0.15) is 12.4 Å². The van der Waals surface area contributed by atoms with Crippen molar-refractivity contribution in [1.29, 1.82) is 0 Å². The molecular formula is C39H54O5. The number of phenols is 2. The molecule has 1 aromatic rings. The van der Waals surface area contributed by atoms with Gasteiger partial charge in [-0.1, -0.05) is 52.8 Å². The largest absolute Gasteiger partial charge is 0.504 e. The van der Waals surface area contributed by atoms with Gasteiger partial charge in [0.25, 0.3) is 0 Å². The second kappa shape index (κ2) is 10.5. The Balaban J connectivity index is 1.23. The van der Waals surface area contributed by atoms with Gasteiger partial charge in [0, 0.05) is 16.9 Å². The number of carbonyl (C=O) groups is 2. The average molecular weight is 603 g/mol. The number of allylic oxidation sites excluding steroid dienone is 1. The van der Waals surface area contributed by atoms with E-state index in [1.54, 1.807) is 12.1 Å². The Bertz CT molecular complexity index is 1380. The Labute approximate surface area is 264 Å². The molecule has 5 fully saturated rings. The number of hydrogen-bond acceptors (Lipinski definition) is 5. The summed E-state index contributed by atoms with van der Waals surface area (Å²) in [7, 11) is 0. The SMILES string of the molecule is C=C(C)[C@@H]1CC[C@]2(C=O)CC[C@]3(C)C(CCC4[C@@]5(C)CC[C@H](OC(=O)/C=C/c6ccc(O)c(O)c6)C(C)(C)C5CC[C@]43C)C12. The number of ether oxygens (including phenoxy) is 1. The Morgan fingerprint density at radius 2 is 1.64 bits per heavy atom. The molecule has 0 aliphatic heterocycles. The number of aldehydes is 1. The van der Waals surface area contributed by atoms with Crippen molar-refractivity contribution in [3.05, 3.63) is 42.0 Å². The zero-order valence-corrected chi connectivity index (χ0v) is 27.8. The maximum absolute atomic E-state index is 13.0. The fourth-order valence-electron chi connectivity index (χ4n) is 12.6. The lowest BCUT2D eigenvalue weighted by Gasteiger charge is -2.72. The predicted molar refractivity (Wildman–Crippen MR) is 174 cm³/mol. The van der Waals surface area contributed by atoms with Crippen LogP contribution in [-0.4, -0.2) is 28.6 Å². The van der Waals surface area contributed by atoms with Crippen LogP contribution in [0.4, 0.5) is 0 Å². The van der Waals surface area contributed by atoms with Crippen LogP contribution in [0.5, 0.6) is 11.5 Å². The lowest BCUT2D eigenvalue weighted by atomic mass is 9.32. The van der Waals surface area contributed by atoms with Crippen LogP contribution in [0.3, 0.4) is 0 Å². The molecule has 0 radical (unpaired) electrons. The number of rotatable bonds is 5. The minimum atomic E-state index is -0.364. The molecular weight excluding hydrogens is 548 g/mol. The van der Waals surface area contributed by atoms with E-state index < -0.39 is 0 Å². The van der Waals surface area contributed by atoms with Crippen LogP contribution < -0.4 is 0 Å². The van der Waals surface area contributed by atoms with E-state index in [0.717, 1.165) is 44.9 Å². The van der Waals surface area contributed by atoms with Crippen LogP contribution in [0, 0.1) is 56.7 Å². The van der Waals surface area contributed by atoms with Gasteiger partial charge in [0.05, 0.1) is 0 Å². The number of benzene rings is 1. The van der Waals surface area contributed by atoms with Crippen LogP contribution in [0.15, 0.2) is 36.4 Å². The van der Waals surface area contributed by atoms with Crippen molar-refractivity contribution in [1.82, 2.24) is 0 Å². The molecule has 10 atom stereocenters. The molecule has 0 bridgehead atoms. The molecule has 0 heterocycles. The van der Waals surface area contributed by atoms with Crippen LogP contribution >= 0.6 is 0 Å². The first kappa shape index (κ1) is 31.4. The van der Waals surface area contributed by atoms with Gasteiger partial charge in [-0.2, -0.15) is 0 Å². The molecule has 5 saturated carbocycles. The molecule has 5 aliphatic carbocycles. The van der Waals surface area contributed by atoms with E-state index in [9.17, 15) is 19.8 Å². The van der Waals surface area contributed by atoms with E-state index in [-0.39, 0.29) is 50.6 Å². The maximum atomic E-state index is 13.0. The summed E-state index contributed by atoms with van der Waals surface area (Å²) in [4.78, 5) is 25.7. The molecule has 240 valence electrons. The molecule has 44 heavy (non-hydrogen) atoms. The van der Waals surface area contributed by atoms with Crippen LogP contribution in [0.2, 0.25) is 0 Å². The first-order valence-electron chi connectivity index (χ1n) is 17.2. The fourth-order valence-corrected chi connectivity index (χ4v) is 12.6. The van der Waals surface area contributed by atoms with Gasteiger partial charge >= 0.3 is 5.97 Å². The zero-order valence-electron chi connectivity index (χ0n) is 27.8. The second-order valence-electron chi connectivity index (χ2n) is 16.9. The molecule has 1 aromatic carbocycles. The molecule has 0 spiro atoms. The fraction of sp³-hybridized carbons (Fsp3) is 0.692. The standard InChI is InChI=1S/C39H54O5/c1-24(2)26-14-19-39(23-40)21-20-37(6)27(34(26)39)10-12-31-36(5)17-16-32(35(3,4)30(36)15-18-38(31,37)7)44-33(43)13-9-25-8-11-28(41)29(42)22-25/h8-9,11,13,22-23,26-27,30-32,34,41-42H,1,10,12,14-21H2,2-7H3/b13-9+/t26-,27?,30?,31?,32-,34?,36-,37+,38+,39+/m0/s1. The van der Waals surface area contributed by atoms with Crippen molar-refractivity contribution in [2.75, 3.05) is 0 Å². The van der Waals surface area contributed by atoms with E-state index in [2.05, 4.69) is 48.1 Å². The number of phenolic OH excluding ortho intramolecular Hbond substituents is 2. The Morgan fingerprint density at radius 1 is 0.886 bits per heavy atom. The van der Waals surface area contributed by atoms with Crippen molar-refractivity contribution in [2.45, 2.75) is 112 Å². The maximum Gasteiger partial charge on any atom is 0.331 e. The Morgan fingerprint density at radius 3 is 2.32 bits per heavy atom. The van der Waals surface area contributed by atoms with E-state index >= 15 is 0 Å². The highest BCUT2D eigenvalue weighted by Crippen LogP contribution is 2.77. The van der Waals surface area contributed by atoms with E-state index in [4.69, 9.17) is 4.74 Å². The third kappa shape index (κ3) is 4.37. The summed E-state index contributed by atoms with van der Waals surface area (Å²) >= 11 is 0. The van der Waals surface area contributed by atoms with Gasteiger partial charge in [-0.25, -0.2) is 4.79 Å². The molecule has 5 aliphatic rings. The Hall–Kier alpha value is -2.56. The molecule has 0 saturated heterocycles. The minimum absolute atomic E-state index is 0.151. The highest BCUT2D eigenvalue weighted by molar-refractivity contribution is 5.87. The van der Waals surface area contributed by atoms with Gasteiger partial charge in [-0.3, -0.25) is 0 Å². The predicted octanol–water partition coefficient (Wildman–Crippen LogP) is 8.88. The van der Waals surface area contributed by atoms with Crippen molar-refractivity contribution in [2.24, 2.45) is 56.7 Å². The summed E-state index contributed by atoms with van der Waals surface area (Å²) in [5, 5.41) is 19.4. The molecule has 5 heteroatoms. The Kier molecular flexibility index (Phi) is 7.49. The molecule has 5 nitrogen and oxygen atoms in total. The van der Waals surface area contributed by atoms with Crippen LogP contribution in [-0.2, 0) is 14.3 Å². The summed E-state index contributed by atoms with van der Waals surface area (Å²) < 4.78 is 6.17. The van der Waals surface area contributed by atoms with Gasteiger partial charge in [0.2, 0.25) is 0 Å². The number of hydrogen-bond donors (Lipinski definition) is 2. The molecule has 2 N–H and O–H groups in total. The second-order valence-corrected chi connectivity index (χ2v) is 16.9.